The van der Waals surface area contributed by atoms with Crippen LogP contribution in [0.4, 0.5) is 10.3 Å². The molecular formula is C15H14FN3. The summed E-state index contributed by atoms with van der Waals surface area (Å²) in [4.78, 5) is 4.31. The zero-order valence-corrected chi connectivity index (χ0v) is 10.8. The first kappa shape index (κ1) is 11.7. The van der Waals surface area contributed by atoms with Gasteiger partial charge in [0.1, 0.15) is 5.82 Å². The van der Waals surface area contributed by atoms with E-state index in [-0.39, 0.29) is 5.82 Å². The predicted molar refractivity (Wildman–Crippen MR) is 74.9 cm³/mol. The van der Waals surface area contributed by atoms with Crippen molar-refractivity contribution in [3.8, 4) is 5.69 Å². The molecule has 0 aliphatic heterocycles. The third-order valence-corrected chi connectivity index (χ3v) is 3.32. The third-order valence-electron chi connectivity index (χ3n) is 3.32. The number of nitrogens with two attached hydrogens (primary N) is 1. The predicted octanol–water partition coefficient (Wildman–Crippen LogP) is 3.36. The maximum atomic E-state index is 14.1. The van der Waals surface area contributed by atoms with E-state index in [0.29, 0.717) is 11.6 Å². The van der Waals surface area contributed by atoms with E-state index in [1.165, 1.54) is 6.07 Å². The molecule has 19 heavy (non-hydrogen) atoms. The number of anilines is 1. The second-order valence-corrected chi connectivity index (χ2v) is 4.65. The number of benzene rings is 2. The molecule has 0 unspecified atom stereocenters. The number of hydrogen-bond donors (Lipinski definition) is 1. The van der Waals surface area contributed by atoms with E-state index in [1.807, 2.05) is 38.1 Å². The van der Waals surface area contributed by atoms with E-state index < -0.39 is 0 Å². The molecule has 0 saturated carbocycles. The number of para-hydroxylation sites is 2. The van der Waals surface area contributed by atoms with Crippen LogP contribution in [0.3, 0.4) is 0 Å². The van der Waals surface area contributed by atoms with Crippen molar-refractivity contribution < 1.29 is 4.39 Å². The molecule has 3 aromatic rings. The van der Waals surface area contributed by atoms with E-state index in [4.69, 9.17) is 5.73 Å². The van der Waals surface area contributed by atoms with E-state index in [1.54, 1.807) is 10.6 Å². The number of aromatic nitrogens is 2. The summed E-state index contributed by atoms with van der Waals surface area (Å²) < 4.78 is 15.8. The molecule has 1 aromatic heterocycles. The Morgan fingerprint density at radius 2 is 1.74 bits per heavy atom. The second-order valence-electron chi connectivity index (χ2n) is 4.65. The largest absolute Gasteiger partial charge is 0.369 e. The summed E-state index contributed by atoms with van der Waals surface area (Å²) in [7, 11) is 0. The number of nitrogen functional groups attached to an aromatic ring is 1. The maximum Gasteiger partial charge on any atom is 0.206 e. The Bertz CT molecular complexity index is 754. The minimum atomic E-state index is -0.297. The summed E-state index contributed by atoms with van der Waals surface area (Å²) in [5, 5.41) is 0. The average Bonchev–Trinajstić information content (AvgIpc) is 2.67. The monoisotopic (exact) mass is 255 g/mol. The Kier molecular flexibility index (Phi) is 2.52. The summed E-state index contributed by atoms with van der Waals surface area (Å²) in [5.41, 5.74) is 9.93. The molecule has 2 aromatic carbocycles. The van der Waals surface area contributed by atoms with Crippen LogP contribution in [0, 0.1) is 19.7 Å². The van der Waals surface area contributed by atoms with Crippen molar-refractivity contribution >= 4 is 17.0 Å². The molecule has 4 heteroatoms. The Balaban J connectivity index is 2.46. The lowest BCUT2D eigenvalue weighted by molar-refractivity contribution is 0.618. The highest BCUT2D eigenvalue weighted by Gasteiger charge is 2.16. The number of halogens is 1. The van der Waals surface area contributed by atoms with Gasteiger partial charge in [0.05, 0.1) is 16.7 Å². The smallest absolute Gasteiger partial charge is 0.206 e. The molecular weight excluding hydrogens is 241 g/mol. The van der Waals surface area contributed by atoms with Gasteiger partial charge in [-0.2, -0.15) is 0 Å². The molecule has 0 radical (unpaired) electrons. The fourth-order valence-electron chi connectivity index (χ4n) is 2.45. The summed E-state index contributed by atoms with van der Waals surface area (Å²) >= 11 is 0. The van der Waals surface area contributed by atoms with E-state index in [2.05, 4.69) is 4.98 Å². The minimum absolute atomic E-state index is 0.297. The van der Waals surface area contributed by atoms with Crippen molar-refractivity contribution in [1.29, 1.82) is 0 Å². The molecule has 3 rings (SSSR count). The minimum Gasteiger partial charge on any atom is -0.369 e. The highest BCUT2D eigenvalue weighted by Crippen LogP contribution is 2.28. The van der Waals surface area contributed by atoms with Gasteiger partial charge in [0, 0.05) is 0 Å². The Labute approximate surface area is 110 Å². The van der Waals surface area contributed by atoms with Gasteiger partial charge in [-0.3, -0.25) is 4.57 Å². The molecule has 0 fully saturated rings. The lowest BCUT2D eigenvalue weighted by Crippen LogP contribution is -2.05. The first-order chi connectivity index (χ1) is 9.09. The van der Waals surface area contributed by atoms with Crippen LogP contribution in [0.2, 0.25) is 0 Å². The number of imidazole rings is 1. The van der Waals surface area contributed by atoms with Gasteiger partial charge in [0.2, 0.25) is 5.95 Å². The lowest BCUT2D eigenvalue weighted by Gasteiger charge is -2.12. The third kappa shape index (κ3) is 1.68. The van der Waals surface area contributed by atoms with Gasteiger partial charge in [-0.1, -0.05) is 24.3 Å². The van der Waals surface area contributed by atoms with Crippen molar-refractivity contribution in [3.63, 3.8) is 0 Å². The Morgan fingerprint density at radius 3 is 2.47 bits per heavy atom. The van der Waals surface area contributed by atoms with Gasteiger partial charge in [0.25, 0.3) is 0 Å². The molecule has 1 heterocycles. The quantitative estimate of drug-likeness (QED) is 0.724. The SMILES string of the molecule is Cc1cccc(F)c1-n1c(N)nc2cccc(C)c21. The van der Waals surface area contributed by atoms with Crippen LogP contribution >= 0.6 is 0 Å². The van der Waals surface area contributed by atoms with Gasteiger partial charge < -0.3 is 5.73 Å². The van der Waals surface area contributed by atoms with Crippen LogP contribution in [0.25, 0.3) is 16.7 Å². The number of rotatable bonds is 1. The van der Waals surface area contributed by atoms with Crippen molar-refractivity contribution in [2.75, 3.05) is 5.73 Å². The summed E-state index contributed by atoms with van der Waals surface area (Å²) in [6.45, 7) is 3.83. The van der Waals surface area contributed by atoms with Crippen LogP contribution in [-0.2, 0) is 0 Å². The molecule has 3 nitrogen and oxygen atoms in total. The van der Waals surface area contributed by atoms with Crippen molar-refractivity contribution in [3.05, 3.63) is 53.3 Å². The zero-order valence-electron chi connectivity index (χ0n) is 10.8. The normalized spacial score (nSPS) is 11.1. The Hall–Kier alpha value is -2.36. The van der Waals surface area contributed by atoms with Crippen LogP contribution in [0.15, 0.2) is 36.4 Å². The number of fused-ring (bicyclic) bond motifs is 1. The van der Waals surface area contributed by atoms with Gasteiger partial charge in [-0.05, 0) is 37.1 Å². The highest BCUT2D eigenvalue weighted by atomic mass is 19.1. The van der Waals surface area contributed by atoms with Crippen LogP contribution in [0.5, 0.6) is 0 Å². The fourth-order valence-corrected chi connectivity index (χ4v) is 2.45. The topological polar surface area (TPSA) is 43.8 Å². The first-order valence-corrected chi connectivity index (χ1v) is 6.08. The Morgan fingerprint density at radius 1 is 1.05 bits per heavy atom. The lowest BCUT2D eigenvalue weighted by atomic mass is 10.1. The van der Waals surface area contributed by atoms with Crippen molar-refractivity contribution in [2.24, 2.45) is 0 Å². The molecule has 0 amide bonds. The number of aryl methyl sites for hydroxylation is 2. The molecule has 0 aliphatic rings. The van der Waals surface area contributed by atoms with E-state index >= 15 is 0 Å². The average molecular weight is 255 g/mol. The summed E-state index contributed by atoms with van der Waals surface area (Å²) in [6.07, 6.45) is 0. The van der Waals surface area contributed by atoms with Crippen molar-refractivity contribution in [2.45, 2.75) is 13.8 Å². The number of hydrogen-bond acceptors (Lipinski definition) is 2. The van der Waals surface area contributed by atoms with Crippen LogP contribution in [0.1, 0.15) is 11.1 Å². The summed E-state index contributed by atoms with van der Waals surface area (Å²) in [6, 6.07) is 10.8. The highest BCUT2D eigenvalue weighted by molar-refractivity contribution is 5.84. The van der Waals surface area contributed by atoms with Crippen LogP contribution in [-0.4, -0.2) is 9.55 Å². The summed E-state index contributed by atoms with van der Waals surface area (Å²) in [5.74, 6) is 0.00625. The molecule has 0 saturated heterocycles. The van der Waals surface area contributed by atoms with Crippen molar-refractivity contribution in [1.82, 2.24) is 9.55 Å². The van der Waals surface area contributed by atoms with Gasteiger partial charge >= 0.3 is 0 Å². The molecule has 0 bridgehead atoms. The maximum absolute atomic E-state index is 14.1. The zero-order chi connectivity index (χ0) is 13.6. The molecule has 0 atom stereocenters. The van der Waals surface area contributed by atoms with Crippen LogP contribution < -0.4 is 5.73 Å². The van der Waals surface area contributed by atoms with E-state index in [0.717, 1.165) is 22.2 Å². The van der Waals surface area contributed by atoms with E-state index in [9.17, 15) is 4.39 Å². The molecule has 0 aliphatic carbocycles. The molecule has 0 spiro atoms. The van der Waals surface area contributed by atoms with Gasteiger partial charge in [-0.25, -0.2) is 9.37 Å². The molecule has 2 N–H and O–H groups in total. The second kappa shape index (κ2) is 4.09. The fraction of sp³-hybridized carbons (Fsp3) is 0.133. The van der Waals surface area contributed by atoms with Gasteiger partial charge in [0.15, 0.2) is 0 Å². The first-order valence-electron chi connectivity index (χ1n) is 6.08. The molecule has 96 valence electrons. The number of nitrogens with zero attached hydrogens (tertiary/aromatic N) is 2. The standard InChI is InChI=1S/C15H14FN3/c1-9-5-3-7-11(16)13(9)19-14-10(2)6-4-8-12(14)18-15(19)17/h3-8H,1-2H3,(H2,17,18). The van der Waals surface area contributed by atoms with Gasteiger partial charge in [-0.15, -0.1) is 0 Å².